The Morgan fingerprint density at radius 3 is 1.30 bits per heavy atom. The van der Waals surface area contributed by atoms with Crippen molar-refractivity contribution in [3.05, 3.63) is 209 Å². The van der Waals surface area contributed by atoms with Crippen molar-refractivity contribution >= 4 is 79.4 Å². The minimum atomic E-state index is -1.49. The third kappa shape index (κ3) is 14.3. The third-order valence-electron chi connectivity index (χ3n) is 13.8. The van der Waals surface area contributed by atoms with Gasteiger partial charge in [0.2, 0.25) is 5.69 Å². The molecule has 0 amide bonds. The average molecular weight is 1270 g/mol. The Morgan fingerprint density at radius 2 is 0.833 bits per heavy atom. The zero-order chi connectivity index (χ0) is 69.9. The first kappa shape index (κ1) is 68.0. The summed E-state index contributed by atoms with van der Waals surface area (Å²) in [6.07, 6.45) is 0. The maximum absolute atomic E-state index is 12.2. The SMILES string of the molecule is N#Cc1cc(N)c(N)cc1C#N.[C-]#[N+]C(C(=O)OCC)c1cc(C(C#N)C(=O)OCC)nc(C(C#N)C(=O)OCC)c1.[C-]#[N+]c1cc2[nH]c(C([N+]#[C-])c3cc(C(C#N)c4nc5cc(C#N)c(C#N)cc5[nH]4)cc(C(C#N)c4nc5cc([N+]#[C-])c([N+]#[C-])cc5[nH]4)n3)nc2cc1C#N. The molecule has 5 heterocycles. The monoisotopic (exact) mass is 1260 g/mol. The molecule has 0 bridgehead atoms. The molecule has 5 aromatic heterocycles. The number of esters is 3. The van der Waals surface area contributed by atoms with Crippen molar-refractivity contribution in [1.29, 1.82) is 47.4 Å². The number of pyridine rings is 2. The van der Waals surface area contributed by atoms with Gasteiger partial charge in [0.25, 0.3) is 0 Å². The van der Waals surface area contributed by atoms with E-state index >= 15 is 0 Å². The van der Waals surface area contributed by atoms with Gasteiger partial charge in [-0.15, -0.1) is 0 Å². The van der Waals surface area contributed by atoms with Gasteiger partial charge in [-0.3, -0.25) is 34.0 Å². The van der Waals surface area contributed by atoms with Crippen LogP contribution in [0, 0.1) is 135 Å². The largest absolute Gasteiger partial charge is 0.465 e. The Hall–Kier alpha value is -15.5. The fourth-order valence-electron chi connectivity index (χ4n) is 9.31. The second-order valence-electron chi connectivity index (χ2n) is 19.5. The van der Waals surface area contributed by atoms with Gasteiger partial charge in [-0.2, -0.15) is 47.4 Å². The number of anilines is 2. The van der Waals surface area contributed by atoms with Gasteiger partial charge in [-0.05, 0) is 99.1 Å². The summed E-state index contributed by atoms with van der Waals surface area (Å²) in [6, 6.07) is 31.8. The number of benzene rings is 4. The van der Waals surface area contributed by atoms with Crippen LogP contribution < -0.4 is 11.5 Å². The molecule has 0 radical (unpaired) electrons. The van der Waals surface area contributed by atoms with Gasteiger partial charge in [-0.25, -0.2) is 42.7 Å². The molecule has 0 spiro atoms. The average Bonchev–Trinajstić information content (AvgIpc) is 1.70. The van der Waals surface area contributed by atoms with E-state index < -0.39 is 53.7 Å². The van der Waals surface area contributed by atoms with E-state index in [9.17, 15) is 51.2 Å². The molecular weight excluding hydrogens is 1220 g/mol. The van der Waals surface area contributed by atoms with E-state index in [1.807, 2.05) is 30.3 Å². The van der Waals surface area contributed by atoms with E-state index in [1.165, 1.54) is 72.8 Å². The van der Waals surface area contributed by atoms with E-state index in [-0.39, 0.29) is 116 Å². The van der Waals surface area contributed by atoms with E-state index in [4.69, 9.17) is 74.0 Å². The van der Waals surface area contributed by atoms with Gasteiger partial charge in [-0.1, -0.05) is 0 Å². The fraction of sp³-hybridized carbons (Fsp3) is 0.182. The highest BCUT2D eigenvalue weighted by molar-refractivity contribution is 5.89. The lowest BCUT2D eigenvalue weighted by molar-refractivity contribution is -0.144. The number of aromatic amines is 3. The second-order valence-corrected chi connectivity index (χ2v) is 19.5. The van der Waals surface area contributed by atoms with E-state index in [2.05, 4.69) is 71.3 Å². The van der Waals surface area contributed by atoms with Crippen molar-refractivity contribution in [1.82, 2.24) is 39.9 Å². The van der Waals surface area contributed by atoms with Crippen molar-refractivity contribution in [3.8, 4) is 54.6 Å². The van der Waals surface area contributed by atoms with Gasteiger partial charge < -0.3 is 40.6 Å². The first-order valence-corrected chi connectivity index (χ1v) is 27.6. The molecule has 0 aliphatic heterocycles. The van der Waals surface area contributed by atoms with E-state index in [0.717, 1.165) is 0 Å². The Kier molecular flexibility index (Phi) is 21.7. The molecule has 9 rings (SSSR count). The molecule has 30 heteroatoms. The summed E-state index contributed by atoms with van der Waals surface area (Å²) >= 11 is 0. The van der Waals surface area contributed by atoms with Gasteiger partial charge in [0.15, 0.2) is 29.0 Å². The van der Waals surface area contributed by atoms with Crippen molar-refractivity contribution in [2.75, 3.05) is 31.3 Å². The molecule has 96 heavy (non-hydrogen) atoms. The number of aromatic nitrogens is 8. The smallest absolute Gasteiger partial charge is 0.395 e. The summed E-state index contributed by atoms with van der Waals surface area (Å²) in [4.78, 5) is 85.4. The van der Waals surface area contributed by atoms with E-state index in [1.54, 1.807) is 32.9 Å². The van der Waals surface area contributed by atoms with Crippen LogP contribution in [0.5, 0.6) is 0 Å². The quantitative estimate of drug-likeness (QED) is 0.0276. The summed E-state index contributed by atoms with van der Waals surface area (Å²) in [7, 11) is 0. The zero-order valence-electron chi connectivity index (χ0n) is 50.1. The van der Waals surface area contributed by atoms with Gasteiger partial charge in [0, 0.05) is 5.56 Å². The molecule has 4 aromatic carbocycles. The number of nitrogen functional groups attached to an aromatic ring is 2. The van der Waals surface area contributed by atoms with Crippen LogP contribution in [0.1, 0.15) is 136 Å². The number of fused-ring (bicyclic) bond motifs is 3. The highest BCUT2D eigenvalue weighted by Gasteiger charge is 2.35. The predicted octanol–water partition coefficient (Wildman–Crippen LogP) is 9.84. The molecule has 460 valence electrons. The summed E-state index contributed by atoms with van der Waals surface area (Å²) < 4.78 is 14.6. The van der Waals surface area contributed by atoms with Crippen LogP contribution in [0.15, 0.2) is 72.8 Å². The van der Waals surface area contributed by atoms with Crippen LogP contribution in [0.4, 0.5) is 28.4 Å². The summed E-state index contributed by atoms with van der Waals surface area (Å²) in [5, 5.41) is 85.7. The maximum atomic E-state index is 12.2. The fourth-order valence-corrected chi connectivity index (χ4v) is 9.31. The number of nitrogens with one attached hydrogen (secondary N) is 3. The van der Waals surface area contributed by atoms with Crippen LogP contribution in [0.25, 0.3) is 57.3 Å². The topological polar surface area (TPSA) is 479 Å². The Morgan fingerprint density at radius 1 is 0.438 bits per heavy atom. The van der Waals surface area contributed by atoms with Crippen molar-refractivity contribution in [2.24, 2.45) is 0 Å². The maximum Gasteiger partial charge on any atom is 0.395 e. The first-order valence-electron chi connectivity index (χ1n) is 27.6. The number of carbonyl (C=O) groups is 3. The lowest BCUT2D eigenvalue weighted by Crippen LogP contribution is -2.21. The van der Waals surface area contributed by atoms with Crippen molar-refractivity contribution < 1.29 is 28.6 Å². The van der Waals surface area contributed by atoms with Crippen LogP contribution in [0.2, 0.25) is 0 Å². The van der Waals surface area contributed by atoms with Crippen LogP contribution in [-0.2, 0) is 28.6 Å². The highest BCUT2D eigenvalue weighted by atomic mass is 16.5. The van der Waals surface area contributed by atoms with Crippen molar-refractivity contribution in [3.63, 3.8) is 0 Å². The number of nitrogens with zero attached hydrogens (tertiary/aromatic N) is 19. The second kappa shape index (κ2) is 30.6. The lowest BCUT2D eigenvalue weighted by Gasteiger charge is -2.15. The van der Waals surface area contributed by atoms with E-state index in [0.29, 0.717) is 44.5 Å². The van der Waals surface area contributed by atoms with Crippen LogP contribution in [-0.4, -0.2) is 77.6 Å². The summed E-state index contributed by atoms with van der Waals surface area (Å²) in [6.45, 7) is 42.6. The summed E-state index contributed by atoms with van der Waals surface area (Å²) in [5.41, 5.74) is 15.1. The Bertz CT molecular complexity index is 4640. The number of ether oxygens (including phenoxy) is 3. The summed E-state index contributed by atoms with van der Waals surface area (Å²) in [5.74, 6) is -7.53. The predicted molar refractivity (Wildman–Crippen MR) is 334 cm³/mol. The molecular formula is C66H40N24O6. The Balaban J connectivity index is 0.000000258. The molecule has 0 fully saturated rings. The molecule has 6 unspecified atom stereocenters. The van der Waals surface area contributed by atoms with Crippen LogP contribution in [0.3, 0.4) is 0 Å². The number of H-pyrrole nitrogens is 3. The first-order chi connectivity index (χ1) is 46.3. The minimum Gasteiger partial charge on any atom is -0.465 e. The molecule has 0 aliphatic rings. The minimum absolute atomic E-state index is 0.0146. The van der Waals surface area contributed by atoms with Gasteiger partial charge in [0.05, 0.1) is 159 Å². The number of hydrogen-bond acceptors (Lipinski definition) is 22. The molecule has 0 saturated heterocycles. The number of imidazole rings is 3. The number of nitrogens with two attached hydrogens (primary N) is 2. The van der Waals surface area contributed by atoms with Gasteiger partial charge in [0.1, 0.15) is 53.5 Å². The molecule has 9 aromatic rings. The normalized spacial score (nSPS) is 11.8. The van der Waals surface area contributed by atoms with Gasteiger partial charge >= 0.3 is 30.0 Å². The highest BCUT2D eigenvalue weighted by Crippen LogP contribution is 2.38. The lowest BCUT2D eigenvalue weighted by atomic mass is 9.94. The third-order valence-corrected chi connectivity index (χ3v) is 13.8. The molecule has 0 saturated carbocycles. The molecule has 7 N–H and O–H groups in total. The molecule has 0 aliphatic carbocycles. The van der Waals surface area contributed by atoms with Crippen molar-refractivity contribution in [2.45, 2.75) is 56.5 Å². The molecule has 30 nitrogen and oxygen atoms in total. The zero-order valence-corrected chi connectivity index (χ0v) is 50.1. The Labute approximate surface area is 544 Å². The number of nitriles is 9. The number of hydrogen-bond donors (Lipinski definition) is 5. The standard InChI is InChI=1S/C38H14N16.C20H20N4O6.C8H6N4/c1-44-24-10-31-30(9-21(24)15-41)53-38(54-31)35(47-4)34-6-18(22(16-42)36-49-28-7-19(13-39)20(14-40)8-29(28)50-36)5-25(48-34)23(17-43)37-51-32-11-26(45-2)27(46-3)12-33(32)52-37;1-5-28-18(25)13(10-21)15-8-12(17(23-4)20(27)30-7-3)9-16(24-15)14(11-22)19(26)29-6-2;9-3-5-1-7(11)8(12)2-6(5)4-10/h5-12,22-23,35H,(H,49,50)(H,51,52)(H,53,54);8-9,13-14,17H,5-7H2,1-3H3;1-2H,11-12H2. The number of carbonyl (C=O) groups excluding carboxylic acids is 3. The molecule has 6 atom stereocenters. The van der Waals surface area contributed by atoms with Crippen LogP contribution >= 0.6 is 0 Å². The number of rotatable bonds is 15.